The molecule has 63 heavy (non-hydrogen) atoms. The molecule has 3 heteroatoms. The second-order valence-corrected chi connectivity index (χ2v) is 19.6. The number of hydrogen-bond donors (Lipinski definition) is 0. The molecule has 2 nitrogen and oxygen atoms in total. The van der Waals surface area contributed by atoms with Crippen molar-refractivity contribution in [2.45, 2.75) is 0 Å². The van der Waals surface area contributed by atoms with Crippen LogP contribution in [0, 0.1) is 0 Å². The Kier molecular flexibility index (Phi) is 7.25. The summed E-state index contributed by atoms with van der Waals surface area (Å²) in [7, 11) is -3.23. The van der Waals surface area contributed by atoms with Crippen LogP contribution < -0.4 is 20.7 Å². The lowest BCUT2D eigenvalue weighted by molar-refractivity contribution is 0.670. The summed E-state index contributed by atoms with van der Waals surface area (Å²) in [6.45, 7) is 0. The molecule has 0 bridgehead atoms. The van der Waals surface area contributed by atoms with Gasteiger partial charge in [0, 0.05) is 38.2 Å². The summed E-state index contributed by atoms with van der Waals surface area (Å²) >= 11 is 0. The molecule has 2 aromatic heterocycles. The van der Waals surface area contributed by atoms with Crippen molar-refractivity contribution in [3.63, 3.8) is 0 Å². The summed E-state index contributed by atoms with van der Waals surface area (Å²) in [6, 6.07) is 67.5. The lowest BCUT2D eigenvalue weighted by Gasteiger charge is -2.36. The second-order valence-electron chi connectivity index (χ2n) is 15.8. The van der Waals surface area contributed by atoms with Gasteiger partial charge in [0.1, 0.15) is 11.2 Å². The Bertz CT molecular complexity index is 3850. The molecule has 0 fully saturated rings. The SMILES string of the molecule is [2H]c1c([2H])c([2H])c2c(c1[2H])c1c([2H])c(-c3cccc4c3oc3ccccc34)c([2H])c([2H])c1n2-c1c(-c2ccccc2)cc([Si](c2ccccc2)(c2ccccc2)c2ccccc2)cc1-c1ccccc1. The number of rotatable bonds is 8. The van der Waals surface area contributed by atoms with Crippen LogP contribution in [0.1, 0.15) is 9.60 Å². The minimum absolute atomic E-state index is 0.0983. The molecular weight excluding hydrogens is 779 g/mol. The summed E-state index contributed by atoms with van der Waals surface area (Å²) in [5.41, 5.74) is 5.66. The van der Waals surface area contributed by atoms with E-state index >= 15 is 0 Å². The zero-order valence-electron chi connectivity index (χ0n) is 41.0. The minimum atomic E-state index is -3.23. The first-order valence-electron chi connectivity index (χ1n) is 24.6. The van der Waals surface area contributed by atoms with Gasteiger partial charge in [-0.1, -0.05) is 224 Å². The average Bonchev–Trinajstić information content (AvgIpc) is 3.98. The van der Waals surface area contributed by atoms with E-state index in [2.05, 4.69) is 84.9 Å². The third-order valence-corrected chi connectivity index (χ3v) is 17.1. The van der Waals surface area contributed by atoms with Crippen molar-refractivity contribution < 1.29 is 14.0 Å². The number of para-hydroxylation sites is 3. The molecule has 0 aliphatic rings. The number of furan rings is 1. The highest BCUT2D eigenvalue weighted by Crippen LogP contribution is 2.43. The van der Waals surface area contributed by atoms with Crippen molar-refractivity contribution in [2.75, 3.05) is 0 Å². The van der Waals surface area contributed by atoms with Crippen LogP contribution >= 0.6 is 0 Å². The third kappa shape index (κ3) is 5.93. The van der Waals surface area contributed by atoms with Crippen molar-refractivity contribution in [1.29, 1.82) is 0 Å². The summed E-state index contributed by atoms with van der Waals surface area (Å²) < 4.78 is 76.1. The smallest absolute Gasteiger partial charge is 0.179 e. The maximum Gasteiger partial charge on any atom is 0.179 e. The Labute approximate surface area is 377 Å². The van der Waals surface area contributed by atoms with Crippen LogP contribution in [-0.2, 0) is 0 Å². The van der Waals surface area contributed by atoms with Crippen molar-refractivity contribution >= 4 is 72.6 Å². The minimum Gasteiger partial charge on any atom is -0.455 e. The Morgan fingerprint density at radius 2 is 0.889 bits per heavy atom. The van der Waals surface area contributed by atoms with Crippen molar-refractivity contribution in [2.24, 2.45) is 0 Å². The normalized spacial score (nSPS) is 13.4. The molecule has 12 aromatic rings. The first-order valence-corrected chi connectivity index (χ1v) is 23.1. The van der Waals surface area contributed by atoms with Crippen molar-refractivity contribution in [3.05, 3.63) is 249 Å². The molecule has 0 aliphatic carbocycles. The maximum absolute atomic E-state index is 10.2. The lowest BCUT2D eigenvalue weighted by Crippen LogP contribution is -2.74. The van der Waals surface area contributed by atoms with Gasteiger partial charge in [0.2, 0.25) is 0 Å². The van der Waals surface area contributed by atoms with Crippen LogP contribution in [0.4, 0.5) is 0 Å². The lowest BCUT2D eigenvalue weighted by atomic mass is 9.95. The fourth-order valence-corrected chi connectivity index (χ4v) is 14.4. The first kappa shape index (κ1) is 30.1. The van der Waals surface area contributed by atoms with E-state index in [4.69, 9.17) is 7.16 Å². The number of nitrogens with zero attached hydrogens (tertiary/aromatic N) is 1. The van der Waals surface area contributed by atoms with Gasteiger partial charge in [-0.15, -0.1) is 0 Å². The van der Waals surface area contributed by atoms with Gasteiger partial charge in [-0.2, -0.15) is 0 Å². The number of fused-ring (bicyclic) bond motifs is 6. The molecule has 0 radical (unpaired) electrons. The molecule has 0 saturated heterocycles. The van der Waals surface area contributed by atoms with Gasteiger partial charge in [0.15, 0.2) is 8.07 Å². The number of aromatic nitrogens is 1. The van der Waals surface area contributed by atoms with Gasteiger partial charge in [0.25, 0.3) is 0 Å². The Morgan fingerprint density at radius 3 is 1.49 bits per heavy atom. The molecule has 296 valence electrons. The highest BCUT2D eigenvalue weighted by Gasteiger charge is 2.42. The molecule has 10 aromatic carbocycles. The van der Waals surface area contributed by atoms with E-state index < -0.39 is 20.2 Å². The molecule has 0 amide bonds. The third-order valence-electron chi connectivity index (χ3n) is 12.4. The zero-order valence-corrected chi connectivity index (χ0v) is 35.0. The summed E-state index contributed by atoms with van der Waals surface area (Å²) in [6.07, 6.45) is 0. The van der Waals surface area contributed by atoms with E-state index in [9.17, 15) is 6.85 Å². The fraction of sp³-hybridized carbons (Fsp3) is 0. The van der Waals surface area contributed by atoms with Gasteiger partial charge < -0.3 is 8.98 Å². The second kappa shape index (κ2) is 15.2. The number of hydrogen-bond acceptors (Lipinski definition) is 1. The molecule has 0 atom stereocenters. The fourth-order valence-electron chi connectivity index (χ4n) is 9.65. The maximum atomic E-state index is 10.2. The molecule has 0 spiro atoms. The standard InChI is InChI=1S/C60H41NOSi/c1-6-21-42(22-7-1)53-40-48(63(45-25-10-3-11-26-45,46-27-12-4-13-28-46)47-29-14-5-15-30-47)41-54(43-23-8-2-9-24-43)59(53)61-56-35-18-16-31-50(56)55-39-44(37-38-57(55)61)49-33-20-34-52-51-32-17-19-36-58(51)62-60(49)52/h1-41H/i16D,18D,31D,35D,37D,38D,39D. The highest BCUT2D eigenvalue weighted by molar-refractivity contribution is 7.20. The van der Waals surface area contributed by atoms with E-state index in [1.807, 2.05) is 115 Å². The topological polar surface area (TPSA) is 18.1 Å². The van der Waals surface area contributed by atoms with Crippen LogP contribution in [0.25, 0.3) is 82.8 Å². The Morgan fingerprint density at radius 1 is 0.381 bits per heavy atom. The first-order chi connectivity index (χ1) is 34.2. The summed E-state index contributed by atoms with van der Waals surface area (Å²) in [5.74, 6) is 0. The van der Waals surface area contributed by atoms with Gasteiger partial charge in [-0.25, -0.2) is 0 Å². The molecule has 0 aliphatic heterocycles. The number of benzene rings is 10. The van der Waals surface area contributed by atoms with Crippen molar-refractivity contribution in [1.82, 2.24) is 4.57 Å². The molecule has 0 saturated carbocycles. The van der Waals surface area contributed by atoms with Gasteiger partial charge >= 0.3 is 0 Å². The van der Waals surface area contributed by atoms with E-state index in [1.165, 1.54) is 15.6 Å². The molecule has 0 N–H and O–H groups in total. The molecular formula is C60H41NOSi. The van der Waals surface area contributed by atoms with Crippen LogP contribution in [0.2, 0.25) is 0 Å². The summed E-state index contributed by atoms with van der Waals surface area (Å²) in [5, 5.41) is 6.49. The quantitative estimate of drug-likeness (QED) is 0.110. The Balaban J connectivity index is 1.30. The van der Waals surface area contributed by atoms with Crippen LogP contribution in [-0.4, -0.2) is 12.6 Å². The predicted octanol–water partition coefficient (Wildman–Crippen LogP) is 13.1. The molecule has 12 rings (SSSR count). The zero-order chi connectivity index (χ0) is 47.8. The molecule has 2 heterocycles. The average molecular weight is 827 g/mol. The summed E-state index contributed by atoms with van der Waals surface area (Å²) in [4.78, 5) is 0. The largest absolute Gasteiger partial charge is 0.455 e. The Hall–Kier alpha value is -7.98. The van der Waals surface area contributed by atoms with E-state index in [0.717, 1.165) is 38.2 Å². The van der Waals surface area contributed by atoms with Crippen LogP contribution in [0.5, 0.6) is 0 Å². The van der Waals surface area contributed by atoms with E-state index in [-0.39, 0.29) is 57.6 Å². The van der Waals surface area contributed by atoms with Crippen LogP contribution in [0.15, 0.2) is 253 Å². The van der Waals surface area contributed by atoms with Gasteiger partial charge in [0.05, 0.1) is 26.3 Å². The monoisotopic (exact) mass is 826 g/mol. The van der Waals surface area contributed by atoms with Crippen LogP contribution in [0.3, 0.4) is 0 Å². The van der Waals surface area contributed by atoms with E-state index in [0.29, 0.717) is 22.4 Å². The van der Waals surface area contributed by atoms with Gasteiger partial charge in [-0.05, 0) is 61.6 Å². The predicted molar refractivity (Wildman–Crippen MR) is 268 cm³/mol. The van der Waals surface area contributed by atoms with Gasteiger partial charge in [-0.3, -0.25) is 0 Å². The highest BCUT2D eigenvalue weighted by atomic mass is 28.3. The van der Waals surface area contributed by atoms with Crippen molar-refractivity contribution in [3.8, 4) is 39.1 Å². The molecule has 0 unspecified atom stereocenters. The van der Waals surface area contributed by atoms with E-state index in [1.54, 1.807) is 10.6 Å².